The van der Waals surface area contributed by atoms with Crippen LogP contribution in [0.15, 0.2) is 45.6 Å². The number of sulfonamides is 1. The Labute approximate surface area is 195 Å². The lowest BCUT2D eigenvalue weighted by molar-refractivity contribution is 0.508. The molecule has 1 heterocycles. The van der Waals surface area contributed by atoms with Crippen LogP contribution in [0.3, 0.4) is 0 Å². The van der Waals surface area contributed by atoms with Gasteiger partial charge in [-0.25, -0.2) is 18.5 Å². The van der Waals surface area contributed by atoms with Crippen LogP contribution < -0.4 is 15.8 Å². The molecule has 1 aromatic heterocycles. The number of hydrogen-bond donors (Lipinski definition) is 3. The molecular weight excluding hydrogens is 519 g/mol. The lowest BCUT2D eigenvalue weighted by Crippen LogP contribution is -2.43. The maximum absolute atomic E-state index is 11.4. The topological polar surface area (TPSA) is 96.6 Å². The van der Waals surface area contributed by atoms with E-state index in [1.165, 1.54) is 17.2 Å². The maximum Gasteiger partial charge on any atom is 0.247 e. The number of aliphatic imine (C=N–C) groups is 1. The second kappa shape index (κ2) is 11.3. The van der Waals surface area contributed by atoms with Gasteiger partial charge in [0.05, 0.1) is 6.54 Å². The van der Waals surface area contributed by atoms with E-state index in [-0.39, 0.29) is 33.6 Å². The predicted molar refractivity (Wildman–Crippen MR) is 133 cm³/mol. The van der Waals surface area contributed by atoms with Gasteiger partial charge in [0.2, 0.25) is 10.0 Å². The Morgan fingerprint density at radius 2 is 1.76 bits per heavy atom. The summed E-state index contributed by atoms with van der Waals surface area (Å²) in [5.74, 6) is 0.700. The summed E-state index contributed by atoms with van der Waals surface area (Å²) >= 11 is 1.15. The number of nitrogens with zero attached hydrogens (tertiary/aromatic N) is 1. The molecule has 0 unspecified atom stereocenters. The molecule has 0 aliphatic carbocycles. The van der Waals surface area contributed by atoms with Gasteiger partial charge < -0.3 is 10.6 Å². The number of rotatable bonds is 8. The van der Waals surface area contributed by atoms with E-state index in [4.69, 9.17) is 5.14 Å². The van der Waals surface area contributed by atoms with Crippen LogP contribution in [0, 0.1) is 0 Å². The van der Waals surface area contributed by atoms with Crippen LogP contribution in [0.4, 0.5) is 0 Å². The highest BCUT2D eigenvalue weighted by Crippen LogP contribution is 2.23. The fraction of sp³-hybridized carbons (Fsp3) is 0.450. The van der Waals surface area contributed by atoms with Gasteiger partial charge in [-0.1, -0.05) is 45.0 Å². The summed E-state index contributed by atoms with van der Waals surface area (Å²) in [7, 11) is -3.66. The summed E-state index contributed by atoms with van der Waals surface area (Å²) in [5, 5.41) is 11.8. The minimum atomic E-state index is -3.66. The van der Waals surface area contributed by atoms with E-state index in [2.05, 4.69) is 60.7 Å². The largest absolute Gasteiger partial charge is 0.357 e. The molecule has 6 nitrogen and oxygen atoms in total. The van der Waals surface area contributed by atoms with Crippen LogP contribution >= 0.6 is 35.3 Å². The van der Waals surface area contributed by atoms with Crippen molar-refractivity contribution < 1.29 is 8.42 Å². The van der Waals surface area contributed by atoms with E-state index in [9.17, 15) is 8.42 Å². The highest BCUT2D eigenvalue weighted by atomic mass is 127. The van der Waals surface area contributed by atoms with Crippen molar-refractivity contribution in [3.05, 3.63) is 52.4 Å². The average molecular weight is 551 g/mol. The first-order chi connectivity index (χ1) is 13.2. The molecule has 4 N–H and O–H groups in total. The second-order valence-corrected chi connectivity index (χ2v) is 10.2. The minimum Gasteiger partial charge on any atom is -0.357 e. The summed E-state index contributed by atoms with van der Waals surface area (Å²) in [4.78, 5) is 5.42. The Kier molecular flexibility index (Phi) is 10.1. The highest BCUT2D eigenvalue weighted by molar-refractivity contribution is 14.0. The number of halogens is 1. The standard InChI is InChI=1S/C20H30N4O2S2.HI/c1-5-15-7-9-16(10-8-15)20(3,4)14-24-19(22-6-2)23-13-17-11-12-18(27-17)28(21,25)26;/h7-12H,5-6,13-14H2,1-4H3,(H2,21,25,26)(H2,22,23,24);1H. The molecule has 0 aliphatic rings. The zero-order valence-electron chi connectivity index (χ0n) is 17.4. The molecule has 2 rings (SSSR count). The van der Waals surface area contributed by atoms with E-state index in [0.29, 0.717) is 12.5 Å². The molecule has 162 valence electrons. The molecule has 9 heteroatoms. The van der Waals surface area contributed by atoms with Crippen molar-refractivity contribution in [3.63, 3.8) is 0 Å². The van der Waals surface area contributed by atoms with Crippen molar-refractivity contribution in [2.75, 3.05) is 13.1 Å². The van der Waals surface area contributed by atoms with Crippen LogP contribution in [0.1, 0.15) is 43.7 Å². The highest BCUT2D eigenvalue weighted by Gasteiger charge is 2.21. The fourth-order valence-corrected chi connectivity index (χ4v) is 4.40. The van der Waals surface area contributed by atoms with Crippen molar-refractivity contribution >= 4 is 51.3 Å². The molecule has 0 fully saturated rings. The van der Waals surface area contributed by atoms with E-state index >= 15 is 0 Å². The summed E-state index contributed by atoms with van der Waals surface area (Å²) in [5.41, 5.74) is 2.54. The van der Waals surface area contributed by atoms with Crippen LogP contribution in [-0.2, 0) is 28.4 Å². The molecule has 29 heavy (non-hydrogen) atoms. The van der Waals surface area contributed by atoms with Gasteiger partial charge in [0.25, 0.3) is 0 Å². The van der Waals surface area contributed by atoms with Crippen LogP contribution in [0.5, 0.6) is 0 Å². The zero-order valence-corrected chi connectivity index (χ0v) is 21.3. The predicted octanol–water partition coefficient (Wildman–Crippen LogP) is 3.61. The Balaban J connectivity index is 0.00000420. The summed E-state index contributed by atoms with van der Waals surface area (Å²) in [6.45, 7) is 10.4. The number of guanidine groups is 1. The molecule has 0 spiro atoms. The van der Waals surface area contributed by atoms with Gasteiger partial charge in [0.1, 0.15) is 4.21 Å². The first kappa shape index (κ1) is 25.9. The molecule has 2 aromatic rings. The average Bonchev–Trinajstić information content (AvgIpc) is 3.13. The van der Waals surface area contributed by atoms with Crippen LogP contribution in [0.2, 0.25) is 0 Å². The molecule has 1 aromatic carbocycles. The summed E-state index contributed by atoms with van der Waals surface area (Å²) in [6.07, 6.45) is 1.03. The van der Waals surface area contributed by atoms with Crippen LogP contribution in [-0.4, -0.2) is 27.5 Å². The molecule has 0 atom stereocenters. The van der Waals surface area contributed by atoms with Gasteiger partial charge >= 0.3 is 0 Å². The number of hydrogen-bond acceptors (Lipinski definition) is 4. The van der Waals surface area contributed by atoms with Gasteiger partial charge in [0, 0.05) is 23.4 Å². The number of thiophene rings is 1. The fourth-order valence-electron chi connectivity index (χ4n) is 2.69. The second-order valence-electron chi connectivity index (χ2n) is 7.25. The van der Waals surface area contributed by atoms with Crippen molar-refractivity contribution in [3.8, 4) is 0 Å². The van der Waals surface area contributed by atoms with E-state index in [0.717, 1.165) is 35.7 Å². The van der Waals surface area contributed by atoms with E-state index in [1.807, 2.05) is 6.92 Å². The Morgan fingerprint density at radius 3 is 2.28 bits per heavy atom. The smallest absolute Gasteiger partial charge is 0.247 e. The number of nitrogens with two attached hydrogens (primary N) is 1. The third-order valence-corrected chi connectivity index (χ3v) is 7.00. The van der Waals surface area contributed by atoms with Gasteiger partial charge in [-0.3, -0.25) is 0 Å². The Morgan fingerprint density at radius 1 is 1.10 bits per heavy atom. The molecule has 0 bridgehead atoms. The Hall–Kier alpha value is -1.17. The summed E-state index contributed by atoms with van der Waals surface area (Å²) in [6, 6.07) is 12.0. The Bertz CT molecular complexity index is 907. The van der Waals surface area contributed by atoms with Crippen molar-refractivity contribution in [1.29, 1.82) is 0 Å². The van der Waals surface area contributed by atoms with Gasteiger partial charge in [0.15, 0.2) is 5.96 Å². The lowest BCUT2D eigenvalue weighted by atomic mass is 9.84. The number of primary sulfonamides is 1. The molecule has 0 aliphatic heterocycles. The third-order valence-electron chi connectivity index (χ3n) is 4.50. The van der Waals surface area contributed by atoms with Crippen molar-refractivity contribution in [2.24, 2.45) is 10.1 Å². The minimum absolute atomic E-state index is 0. The zero-order chi connectivity index (χ0) is 20.8. The molecule has 0 radical (unpaired) electrons. The monoisotopic (exact) mass is 550 g/mol. The number of benzene rings is 1. The van der Waals surface area contributed by atoms with Crippen molar-refractivity contribution in [1.82, 2.24) is 10.6 Å². The van der Waals surface area contributed by atoms with E-state index < -0.39 is 10.0 Å². The normalized spacial score (nSPS) is 12.4. The summed E-state index contributed by atoms with van der Waals surface area (Å²) < 4.78 is 23.0. The molecular formula is C20H31IN4O2S2. The van der Waals surface area contributed by atoms with E-state index in [1.54, 1.807) is 6.07 Å². The number of nitrogens with one attached hydrogen (secondary N) is 2. The van der Waals surface area contributed by atoms with Gasteiger partial charge in [-0.05, 0) is 36.6 Å². The van der Waals surface area contributed by atoms with Crippen molar-refractivity contribution in [2.45, 2.75) is 50.3 Å². The molecule has 0 amide bonds. The van der Waals surface area contributed by atoms with Gasteiger partial charge in [-0.15, -0.1) is 35.3 Å². The quantitative estimate of drug-likeness (QED) is 0.266. The number of aryl methyl sites for hydroxylation is 1. The van der Waals surface area contributed by atoms with Gasteiger partial charge in [-0.2, -0.15) is 0 Å². The first-order valence-corrected chi connectivity index (χ1v) is 11.7. The SMILES string of the molecule is CCNC(=NCc1ccc(S(N)(=O)=O)s1)NCC(C)(C)c1ccc(CC)cc1.I. The lowest BCUT2D eigenvalue weighted by Gasteiger charge is -2.27. The molecule has 0 saturated carbocycles. The molecule has 0 saturated heterocycles. The first-order valence-electron chi connectivity index (χ1n) is 9.39. The van der Waals surface area contributed by atoms with Crippen LogP contribution in [0.25, 0.3) is 0 Å². The maximum atomic E-state index is 11.4. The third kappa shape index (κ3) is 7.88.